The number of anilines is 2. The first-order valence-corrected chi connectivity index (χ1v) is 6.49. The Bertz CT molecular complexity index is 385. The van der Waals surface area contributed by atoms with E-state index >= 15 is 0 Å². The van der Waals surface area contributed by atoms with Gasteiger partial charge in [0.2, 0.25) is 0 Å². The number of nitrogen functional groups attached to an aromatic ring is 1. The molecule has 2 N–H and O–H groups in total. The highest BCUT2D eigenvalue weighted by atomic mass is 15.2. The Balaban J connectivity index is 2.21. The quantitative estimate of drug-likeness (QED) is 0.850. The first kappa shape index (κ1) is 12.1. The Morgan fingerprint density at radius 1 is 1.41 bits per heavy atom. The number of aromatic nitrogens is 2. The minimum absolute atomic E-state index is 0.317. The maximum Gasteiger partial charge on any atom is 0.135 e. The van der Waals surface area contributed by atoms with Crippen molar-refractivity contribution in [1.82, 2.24) is 9.97 Å². The Hall–Kier alpha value is -1.32. The summed E-state index contributed by atoms with van der Waals surface area (Å²) in [5.74, 6) is 3.57. The van der Waals surface area contributed by atoms with Gasteiger partial charge in [-0.1, -0.05) is 13.8 Å². The lowest BCUT2D eigenvalue weighted by molar-refractivity contribution is 0.713. The molecule has 4 heteroatoms. The van der Waals surface area contributed by atoms with Crippen LogP contribution in [0.3, 0.4) is 0 Å². The van der Waals surface area contributed by atoms with Crippen molar-refractivity contribution in [2.24, 2.45) is 5.92 Å². The SMILES string of the molecule is CCN(CC1CC1)c1cc(N)nc(C(C)C)n1. The van der Waals surface area contributed by atoms with E-state index < -0.39 is 0 Å². The Kier molecular flexibility index (Phi) is 3.50. The molecule has 17 heavy (non-hydrogen) atoms. The van der Waals surface area contributed by atoms with Gasteiger partial charge in [0.15, 0.2) is 0 Å². The highest BCUT2D eigenvalue weighted by molar-refractivity contribution is 5.47. The topological polar surface area (TPSA) is 55.0 Å². The Labute approximate surface area is 103 Å². The summed E-state index contributed by atoms with van der Waals surface area (Å²) in [7, 11) is 0. The van der Waals surface area contributed by atoms with Gasteiger partial charge in [-0.15, -0.1) is 0 Å². The molecule has 1 saturated carbocycles. The van der Waals surface area contributed by atoms with Crippen molar-refractivity contribution in [1.29, 1.82) is 0 Å². The number of hydrogen-bond acceptors (Lipinski definition) is 4. The first-order valence-electron chi connectivity index (χ1n) is 6.49. The predicted molar refractivity (Wildman–Crippen MR) is 71.1 cm³/mol. The summed E-state index contributed by atoms with van der Waals surface area (Å²) in [6, 6.07) is 1.89. The zero-order valence-corrected chi connectivity index (χ0v) is 11.0. The van der Waals surface area contributed by atoms with Crippen LogP contribution in [0.2, 0.25) is 0 Å². The van der Waals surface area contributed by atoms with E-state index in [1.54, 1.807) is 0 Å². The molecule has 2 rings (SSSR count). The fraction of sp³-hybridized carbons (Fsp3) is 0.692. The summed E-state index contributed by atoms with van der Waals surface area (Å²) < 4.78 is 0. The Morgan fingerprint density at radius 2 is 2.12 bits per heavy atom. The molecule has 0 aromatic carbocycles. The van der Waals surface area contributed by atoms with E-state index in [-0.39, 0.29) is 0 Å². The van der Waals surface area contributed by atoms with Crippen LogP contribution in [0, 0.1) is 5.92 Å². The molecule has 0 atom stereocenters. The van der Waals surface area contributed by atoms with Crippen molar-refractivity contribution in [3.63, 3.8) is 0 Å². The van der Waals surface area contributed by atoms with Gasteiger partial charge >= 0.3 is 0 Å². The lowest BCUT2D eigenvalue weighted by atomic mass is 10.2. The third kappa shape index (κ3) is 3.08. The van der Waals surface area contributed by atoms with Gasteiger partial charge < -0.3 is 10.6 Å². The maximum atomic E-state index is 5.86. The van der Waals surface area contributed by atoms with Crippen molar-refractivity contribution in [2.75, 3.05) is 23.7 Å². The van der Waals surface area contributed by atoms with Crippen molar-refractivity contribution in [2.45, 2.75) is 39.5 Å². The molecule has 1 aromatic heterocycles. The molecule has 1 aliphatic carbocycles. The minimum atomic E-state index is 0.317. The molecule has 0 saturated heterocycles. The van der Waals surface area contributed by atoms with Gasteiger partial charge in [0.25, 0.3) is 0 Å². The van der Waals surface area contributed by atoms with Crippen LogP contribution < -0.4 is 10.6 Å². The summed E-state index contributed by atoms with van der Waals surface area (Å²) in [5.41, 5.74) is 5.86. The lowest BCUT2D eigenvalue weighted by Gasteiger charge is -2.22. The zero-order chi connectivity index (χ0) is 12.4. The second-order valence-electron chi connectivity index (χ2n) is 5.15. The molecule has 0 amide bonds. The highest BCUT2D eigenvalue weighted by Crippen LogP contribution is 2.31. The molecular weight excluding hydrogens is 212 g/mol. The summed E-state index contributed by atoms with van der Waals surface area (Å²) in [4.78, 5) is 11.2. The standard InChI is InChI=1S/C13H22N4/c1-4-17(8-10-5-6-10)12-7-11(14)15-13(16-12)9(2)3/h7,9-10H,4-6,8H2,1-3H3,(H2,14,15,16). The van der Waals surface area contributed by atoms with Crippen molar-refractivity contribution in [3.8, 4) is 0 Å². The van der Waals surface area contributed by atoms with Gasteiger partial charge in [0.05, 0.1) is 0 Å². The van der Waals surface area contributed by atoms with Crippen LogP contribution in [0.4, 0.5) is 11.6 Å². The summed E-state index contributed by atoms with van der Waals surface area (Å²) in [6.07, 6.45) is 2.71. The fourth-order valence-electron chi connectivity index (χ4n) is 1.89. The number of rotatable bonds is 5. The highest BCUT2D eigenvalue weighted by Gasteiger charge is 2.24. The molecule has 0 radical (unpaired) electrons. The number of nitrogens with zero attached hydrogens (tertiary/aromatic N) is 3. The van der Waals surface area contributed by atoms with Crippen molar-refractivity contribution < 1.29 is 0 Å². The van der Waals surface area contributed by atoms with Crippen LogP contribution in [-0.2, 0) is 0 Å². The van der Waals surface area contributed by atoms with Crippen LogP contribution in [0.5, 0.6) is 0 Å². The molecule has 1 fully saturated rings. The van der Waals surface area contributed by atoms with Gasteiger partial charge in [-0.3, -0.25) is 0 Å². The summed E-state index contributed by atoms with van der Waals surface area (Å²) in [6.45, 7) is 8.43. The monoisotopic (exact) mass is 234 g/mol. The molecule has 0 bridgehead atoms. The normalized spacial score (nSPS) is 15.3. The molecule has 0 unspecified atom stereocenters. The van der Waals surface area contributed by atoms with Gasteiger partial charge in [-0.25, -0.2) is 9.97 Å². The van der Waals surface area contributed by atoms with Crippen molar-refractivity contribution in [3.05, 3.63) is 11.9 Å². The molecule has 1 aromatic rings. The van der Waals surface area contributed by atoms with E-state index in [2.05, 4.69) is 35.6 Å². The smallest absolute Gasteiger partial charge is 0.135 e. The van der Waals surface area contributed by atoms with Gasteiger partial charge in [0, 0.05) is 25.1 Å². The average Bonchev–Trinajstić information content (AvgIpc) is 3.08. The van der Waals surface area contributed by atoms with Crippen LogP contribution in [0.25, 0.3) is 0 Å². The van der Waals surface area contributed by atoms with E-state index in [1.807, 2.05) is 6.07 Å². The second kappa shape index (κ2) is 4.90. The molecule has 4 nitrogen and oxygen atoms in total. The van der Waals surface area contributed by atoms with Crippen LogP contribution in [0.1, 0.15) is 45.4 Å². The van der Waals surface area contributed by atoms with Crippen LogP contribution in [0.15, 0.2) is 6.07 Å². The van der Waals surface area contributed by atoms with Crippen LogP contribution in [-0.4, -0.2) is 23.1 Å². The van der Waals surface area contributed by atoms with E-state index in [9.17, 15) is 0 Å². The summed E-state index contributed by atoms with van der Waals surface area (Å²) in [5, 5.41) is 0. The fourth-order valence-corrected chi connectivity index (χ4v) is 1.89. The van der Waals surface area contributed by atoms with Crippen molar-refractivity contribution >= 4 is 11.6 Å². The average molecular weight is 234 g/mol. The minimum Gasteiger partial charge on any atom is -0.384 e. The molecule has 1 aliphatic rings. The zero-order valence-electron chi connectivity index (χ0n) is 11.0. The molecular formula is C13H22N4. The molecule has 0 spiro atoms. The molecule has 0 aliphatic heterocycles. The third-order valence-electron chi connectivity index (χ3n) is 3.15. The van der Waals surface area contributed by atoms with E-state index in [0.29, 0.717) is 11.7 Å². The second-order valence-corrected chi connectivity index (χ2v) is 5.15. The molecule has 94 valence electrons. The van der Waals surface area contributed by atoms with Gasteiger partial charge in [-0.2, -0.15) is 0 Å². The first-order chi connectivity index (χ1) is 8.10. The van der Waals surface area contributed by atoms with E-state index in [1.165, 1.54) is 12.8 Å². The Morgan fingerprint density at radius 3 is 2.65 bits per heavy atom. The largest absolute Gasteiger partial charge is 0.384 e. The van der Waals surface area contributed by atoms with E-state index in [0.717, 1.165) is 30.6 Å². The third-order valence-corrected chi connectivity index (χ3v) is 3.15. The molecule has 1 heterocycles. The van der Waals surface area contributed by atoms with Gasteiger partial charge in [-0.05, 0) is 25.7 Å². The lowest BCUT2D eigenvalue weighted by Crippen LogP contribution is -2.27. The number of nitrogens with two attached hydrogens (primary N) is 1. The van der Waals surface area contributed by atoms with Crippen LogP contribution >= 0.6 is 0 Å². The van der Waals surface area contributed by atoms with Gasteiger partial charge in [0.1, 0.15) is 17.5 Å². The summed E-state index contributed by atoms with van der Waals surface area (Å²) >= 11 is 0. The van der Waals surface area contributed by atoms with E-state index in [4.69, 9.17) is 5.73 Å². The maximum absolute atomic E-state index is 5.86. The number of hydrogen-bond donors (Lipinski definition) is 1. The predicted octanol–water partition coefficient (Wildman–Crippen LogP) is 2.42.